The van der Waals surface area contributed by atoms with Gasteiger partial charge in [0.2, 0.25) is 15.0 Å². The molecule has 0 saturated carbocycles. The van der Waals surface area contributed by atoms with Crippen LogP contribution in [0.3, 0.4) is 0 Å². The van der Waals surface area contributed by atoms with Crippen LogP contribution in [0.5, 0.6) is 0 Å². The van der Waals surface area contributed by atoms with Gasteiger partial charge in [-0.2, -0.15) is 4.98 Å². The molecular formula is C19H15Cl2N5O2S. The molecule has 0 unspecified atom stereocenters. The molecule has 0 radical (unpaired) electrons. The second-order valence-electron chi connectivity index (χ2n) is 6.59. The zero-order valence-electron chi connectivity index (χ0n) is 15.4. The van der Waals surface area contributed by atoms with Crippen molar-refractivity contribution in [3.8, 4) is 16.9 Å². The van der Waals surface area contributed by atoms with E-state index in [-0.39, 0.29) is 16.6 Å². The molecule has 0 aliphatic rings. The van der Waals surface area contributed by atoms with Crippen molar-refractivity contribution in [2.45, 2.75) is 12.1 Å². The first-order valence-corrected chi connectivity index (χ1v) is 11.1. The lowest BCUT2D eigenvalue weighted by molar-refractivity contribution is 0.593. The summed E-state index contributed by atoms with van der Waals surface area (Å²) in [6.07, 6.45) is 1.05. The van der Waals surface area contributed by atoms with Gasteiger partial charge in [0.25, 0.3) is 0 Å². The molecule has 10 heteroatoms. The van der Waals surface area contributed by atoms with E-state index in [0.717, 1.165) is 11.8 Å². The summed E-state index contributed by atoms with van der Waals surface area (Å²) in [5.41, 5.74) is 9.21. The average Bonchev–Trinajstić information content (AvgIpc) is 2.99. The second kappa shape index (κ2) is 6.98. The molecule has 0 fully saturated rings. The van der Waals surface area contributed by atoms with Crippen LogP contribution in [-0.4, -0.2) is 34.4 Å². The molecule has 2 aromatic carbocycles. The lowest BCUT2D eigenvalue weighted by atomic mass is 10.1. The average molecular weight is 448 g/mol. The summed E-state index contributed by atoms with van der Waals surface area (Å²) in [7, 11) is -3.67. The van der Waals surface area contributed by atoms with E-state index in [1.165, 1.54) is 4.68 Å². The number of anilines is 1. The van der Waals surface area contributed by atoms with Gasteiger partial charge in [0.1, 0.15) is 5.82 Å². The summed E-state index contributed by atoms with van der Waals surface area (Å²) in [5.74, 6) is 0.259. The van der Waals surface area contributed by atoms with Gasteiger partial charge < -0.3 is 5.73 Å². The predicted molar refractivity (Wildman–Crippen MR) is 114 cm³/mol. The summed E-state index contributed by atoms with van der Waals surface area (Å²) < 4.78 is 25.7. The van der Waals surface area contributed by atoms with E-state index in [1.807, 2.05) is 31.2 Å². The molecule has 4 rings (SSSR count). The molecule has 0 atom stereocenters. The third kappa shape index (κ3) is 3.55. The Morgan fingerprint density at radius 3 is 2.45 bits per heavy atom. The highest BCUT2D eigenvalue weighted by atomic mass is 35.5. The van der Waals surface area contributed by atoms with Gasteiger partial charge in [0.05, 0.1) is 26.8 Å². The quantitative estimate of drug-likeness (QED) is 0.474. The molecule has 29 heavy (non-hydrogen) atoms. The number of nitrogens with two attached hydrogens (primary N) is 1. The van der Waals surface area contributed by atoms with Crippen molar-refractivity contribution in [1.82, 2.24) is 19.7 Å². The van der Waals surface area contributed by atoms with Crippen molar-refractivity contribution >= 4 is 49.9 Å². The van der Waals surface area contributed by atoms with E-state index in [4.69, 9.17) is 28.9 Å². The summed E-state index contributed by atoms with van der Waals surface area (Å²) >= 11 is 12.1. The molecule has 0 aliphatic carbocycles. The van der Waals surface area contributed by atoms with Gasteiger partial charge in [-0.1, -0.05) is 47.0 Å². The number of nitrogen functional groups attached to an aromatic ring is 1. The van der Waals surface area contributed by atoms with Gasteiger partial charge in [-0.15, -0.1) is 5.10 Å². The Balaban J connectivity index is 2.07. The van der Waals surface area contributed by atoms with Gasteiger partial charge >= 0.3 is 0 Å². The third-order valence-corrected chi connectivity index (χ3v) is 5.90. The van der Waals surface area contributed by atoms with Crippen molar-refractivity contribution in [2.24, 2.45) is 0 Å². The summed E-state index contributed by atoms with van der Waals surface area (Å²) in [5, 5.41) is 5.28. The molecule has 2 aromatic heterocycles. The van der Waals surface area contributed by atoms with E-state index in [1.54, 1.807) is 18.2 Å². The highest BCUT2D eigenvalue weighted by molar-refractivity contribution is 7.90. The van der Waals surface area contributed by atoms with Gasteiger partial charge in [-0.05, 0) is 31.2 Å². The maximum Gasteiger partial charge on any atom is 0.249 e. The van der Waals surface area contributed by atoms with Crippen LogP contribution < -0.4 is 5.73 Å². The lowest BCUT2D eigenvalue weighted by Gasteiger charge is -2.07. The van der Waals surface area contributed by atoms with Crippen LogP contribution in [0.1, 0.15) is 5.56 Å². The van der Waals surface area contributed by atoms with Crippen LogP contribution in [0.4, 0.5) is 5.82 Å². The molecule has 0 aliphatic heterocycles. The van der Waals surface area contributed by atoms with Crippen LogP contribution in [0.2, 0.25) is 10.0 Å². The number of hydrogen-bond acceptors (Lipinski definition) is 6. The topological polar surface area (TPSA) is 104 Å². The molecule has 2 heterocycles. The summed E-state index contributed by atoms with van der Waals surface area (Å²) in [6, 6.07) is 12.5. The highest BCUT2D eigenvalue weighted by Gasteiger charge is 2.22. The molecule has 0 saturated heterocycles. The summed E-state index contributed by atoms with van der Waals surface area (Å²) in [6.45, 7) is 1.93. The zero-order chi connectivity index (χ0) is 20.9. The van der Waals surface area contributed by atoms with E-state index >= 15 is 0 Å². The number of rotatable bonds is 3. The molecule has 2 N–H and O–H groups in total. The van der Waals surface area contributed by atoms with Gasteiger partial charge in [0, 0.05) is 11.8 Å². The van der Waals surface area contributed by atoms with Crippen molar-refractivity contribution < 1.29 is 8.42 Å². The number of aromatic nitrogens is 4. The molecule has 0 spiro atoms. The van der Waals surface area contributed by atoms with Crippen LogP contribution in [0, 0.1) is 6.92 Å². The van der Waals surface area contributed by atoms with E-state index in [2.05, 4.69) is 15.1 Å². The third-order valence-electron chi connectivity index (χ3n) is 4.32. The SMILES string of the molecule is Cc1cccc(-c2nc(S(C)(=O)=O)nc3nn(-c4ccc(Cl)c(Cl)c4)c(N)c23)c1. The molecule has 148 valence electrons. The fraction of sp³-hybridized carbons (Fsp3) is 0.105. The largest absolute Gasteiger partial charge is 0.383 e. The van der Waals surface area contributed by atoms with Crippen molar-refractivity contribution in [3.05, 3.63) is 58.1 Å². The molecule has 0 bridgehead atoms. The first-order valence-electron chi connectivity index (χ1n) is 8.44. The normalized spacial score (nSPS) is 11.9. The van der Waals surface area contributed by atoms with Crippen LogP contribution >= 0.6 is 23.2 Å². The van der Waals surface area contributed by atoms with Crippen molar-refractivity contribution in [1.29, 1.82) is 0 Å². The Morgan fingerprint density at radius 2 is 1.79 bits per heavy atom. The Morgan fingerprint density at radius 1 is 1.03 bits per heavy atom. The van der Waals surface area contributed by atoms with E-state index in [9.17, 15) is 8.42 Å². The first kappa shape index (κ1) is 19.6. The maximum atomic E-state index is 12.1. The fourth-order valence-corrected chi connectivity index (χ4v) is 3.77. The van der Waals surface area contributed by atoms with Crippen molar-refractivity contribution in [3.63, 3.8) is 0 Å². The standard InChI is InChI=1S/C19H15Cl2N5O2S/c1-10-4-3-5-11(8-10)16-15-17(22)26(12-6-7-13(20)14(21)9-12)25-18(15)24-19(23-16)29(2,27)28/h3-9H,22H2,1-2H3. The van der Waals surface area contributed by atoms with E-state index < -0.39 is 9.84 Å². The first-order chi connectivity index (χ1) is 13.6. The summed E-state index contributed by atoms with van der Waals surface area (Å²) in [4.78, 5) is 8.44. The fourth-order valence-electron chi connectivity index (χ4n) is 2.97. The monoisotopic (exact) mass is 447 g/mol. The van der Waals surface area contributed by atoms with Crippen LogP contribution in [0.25, 0.3) is 28.0 Å². The Kier molecular flexibility index (Phi) is 4.72. The number of sulfone groups is 1. The van der Waals surface area contributed by atoms with E-state index in [0.29, 0.717) is 32.4 Å². The minimum Gasteiger partial charge on any atom is -0.383 e. The minimum atomic E-state index is -3.67. The predicted octanol–water partition coefficient (Wildman–Crippen LogP) is 4.08. The van der Waals surface area contributed by atoms with Gasteiger partial charge in [-0.25, -0.2) is 18.1 Å². The molecule has 0 amide bonds. The highest BCUT2D eigenvalue weighted by Crippen LogP contribution is 2.34. The number of nitrogens with zero attached hydrogens (tertiary/aromatic N) is 4. The van der Waals surface area contributed by atoms with Crippen molar-refractivity contribution in [2.75, 3.05) is 12.0 Å². The maximum absolute atomic E-state index is 12.1. The smallest absolute Gasteiger partial charge is 0.249 e. The number of halogens is 2. The zero-order valence-corrected chi connectivity index (χ0v) is 17.7. The molecule has 7 nitrogen and oxygen atoms in total. The van der Waals surface area contributed by atoms with Crippen LogP contribution in [0.15, 0.2) is 47.6 Å². The number of aryl methyl sites for hydroxylation is 1. The number of fused-ring (bicyclic) bond motifs is 1. The van der Waals surface area contributed by atoms with Gasteiger partial charge in [-0.3, -0.25) is 0 Å². The Labute approximate surface area is 177 Å². The lowest BCUT2D eigenvalue weighted by Crippen LogP contribution is -2.06. The Bertz CT molecular complexity index is 1380. The van der Waals surface area contributed by atoms with Crippen LogP contribution in [-0.2, 0) is 9.84 Å². The number of hydrogen-bond donors (Lipinski definition) is 1. The molecular weight excluding hydrogens is 433 g/mol. The second-order valence-corrected chi connectivity index (χ2v) is 9.31. The minimum absolute atomic E-state index is 0.167. The number of benzene rings is 2. The molecule has 4 aromatic rings. The van der Waals surface area contributed by atoms with Gasteiger partial charge in [0.15, 0.2) is 5.65 Å². The Hall–Kier alpha value is -2.68.